The molecular weight excluding hydrogens is 308 g/mol. The number of hydrazine groups is 1. The van der Waals surface area contributed by atoms with Gasteiger partial charge in [0.2, 0.25) is 11.8 Å². The molecule has 0 bridgehead atoms. The molecule has 4 N–H and O–H groups in total. The fourth-order valence-electron chi connectivity index (χ4n) is 2.31. The highest BCUT2D eigenvalue weighted by Gasteiger charge is 2.29. The Kier molecular flexibility index (Phi) is 5.23. The second kappa shape index (κ2) is 7.00. The van der Waals surface area contributed by atoms with Crippen LogP contribution >= 0.6 is 0 Å². The van der Waals surface area contributed by atoms with Crippen molar-refractivity contribution < 1.29 is 14.4 Å². The molecule has 1 aliphatic heterocycles. The third kappa shape index (κ3) is 3.73. The third-order valence-corrected chi connectivity index (χ3v) is 4.54. The number of anilines is 1. The van der Waals surface area contributed by atoms with Gasteiger partial charge in [-0.15, -0.1) is 0 Å². The Morgan fingerprint density at radius 3 is 2.46 bits per heavy atom. The number of benzene rings is 1. The Hall–Kier alpha value is -2.41. The van der Waals surface area contributed by atoms with Crippen molar-refractivity contribution in [2.45, 2.75) is 39.2 Å². The van der Waals surface area contributed by atoms with Crippen molar-refractivity contribution in [2.75, 3.05) is 11.6 Å². The molecule has 130 valence electrons. The van der Waals surface area contributed by atoms with Crippen LogP contribution in [0.1, 0.15) is 44.0 Å². The largest absolute Gasteiger partial charge is 0.345 e. The van der Waals surface area contributed by atoms with Gasteiger partial charge in [0.15, 0.2) is 0 Å². The van der Waals surface area contributed by atoms with Gasteiger partial charge < -0.3 is 11.1 Å². The monoisotopic (exact) mass is 332 g/mol. The maximum Gasteiger partial charge on any atom is 0.251 e. The van der Waals surface area contributed by atoms with Crippen molar-refractivity contribution >= 4 is 23.4 Å². The van der Waals surface area contributed by atoms with E-state index in [2.05, 4.69) is 10.7 Å². The fourth-order valence-corrected chi connectivity index (χ4v) is 2.31. The summed E-state index contributed by atoms with van der Waals surface area (Å²) >= 11 is 0. The van der Waals surface area contributed by atoms with E-state index >= 15 is 0 Å². The van der Waals surface area contributed by atoms with Gasteiger partial charge in [-0.25, -0.2) is 5.01 Å². The SMILES string of the molecule is CC(C)C(C)(CN)NC(=O)c1ccc(N2NC(=O)CCC2=O)cc1. The highest BCUT2D eigenvalue weighted by Crippen LogP contribution is 2.19. The van der Waals surface area contributed by atoms with E-state index in [1.54, 1.807) is 24.3 Å². The highest BCUT2D eigenvalue weighted by atomic mass is 16.2. The average Bonchev–Trinajstić information content (AvgIpc) is 2.56. The van der Waals surface area contributed by atoms with E-state index in [-0.39, 0.29) is 36.5 Å². The molecule has 1 aromatic rings. The summed E-state index contributed by atoms with van der Waals surface area (Å²) in [5.74, 6) is -0.418. The minimum atomic E-state index is -0.493. The number of nitrogens with two attached hydrogens (primary N) is 1. The lowest BCUT2D eigenvalue weighted by Gasteiger charge is -2.33. The fraction of sp³-hybridized carbons (Fsp3) is 0.471. The number of carbonyl (C=O) groups is 3. The molecule has 1 atom stereocenters. The molecular formula is C17H24N4O3. The van der Waals surface area contributed by atoms with Gasteiger partial charge in [0.1, 0.15) is 0 Å². The average molecular weight is 332 g/mol. The summed E-state index contributed by atoms with van der Waals surface area (Å²) in [4.78, 5) is 35.7. The number of rotatable bonds is 5. The minimum Gasteiger partial charge on any atom is -0.345 e. The van der Waals surface area contributed by atoms with E-state index in [0.717, 1.165) is 0 Å². The Morgan fingerprint density at radius 1 is 1.29 bits per heavy atom. The quantitative estimate of drug-likeness (QED) is 0.746. The maximum absolute atomic E-state index is 12.4. The standard InChI is InChI=1S/C17H24N4O3/c1-11(2)17(3,10-18)19-16(24)12-4-6-13(7-5-12)21-15(23)9-8-14(22)20-21/h4-7,11H,8-10,18H2,1-3H3,(H,19,24)(H,20,22). The Bertz CT molecular complexity index is 642. The van der Waals surface area contributed by atoms with Crippen LogP contribution in [0.5, 0.6) is 0 Å². The first-order valence-corrected chi connectivity index (χ1v) is 8.02. The molecule has 0 aliphatic carbocycles. The Labute approximate surface area is 141 Å². The van der Waals surface area contributed by atoms with Gasteiger partial charge in [0, 0.05) is 24.9 Å². The van der Waals surface area contributed by atoms with E-state index in [4.69, 9.17) is 5.73 Å². The molecule has 1 aromatic carbocycles. The lowest BCUT2D eigenvalue weighted by atomic mass is 9.88. The number of carbonyl (C=O) groups excluding carboxylic acids is 3. The van der Waals surface area contributed by atoms with Crippen molar-refractivity contribution in [3.05, 3.63) is 29.8 Å². The van der Waals surface area contributed by atoms with Crippen molar-refractivity contribution in [3.63, 3.8) is 0 Å². The van der Waals surface area contributed by atoms with Crippen LogP contribution in [0.4, 0.5) is 5.69 Å². The summed E-state index contributed by atoms with van der Waals surface area (Å²) in [5, 5.41) is 4.17. The normalized spacial score (nSPS) is 17.5. The van der Waals surface area contributed by atoms with Crippen molar-refractivity contribution in [3.8, 4) is 0 Å². The molecule has 3 amide bonds. The smallest absolute Gasteiger partial charge is 0.251 e. The predicted octanol–water partition coefficient (Wildman–Crippen LogP) is 0.948. The molecule has 2 rings (SSSR count). The first-order chi connectivity index (χ1) is 11.3. The molecule has 1 unspecified atom stereocenters. The van der Waals surface area contributed by atoms with Crippen LogP contribution in [-0.2, 0) is 9.59 Å². The summed E-state index contributed by atoms with van der Waals surface area (Å²) in [7, 11) is 0. The van der Waals surface area contributed by atoms with E-state index in [9.17, 15) is 14.4 Å². The first kappa shape index (κ1) is 17.9. The number of nitrogens with zero attached hydrogens (tertiary/aromatic N) is 1. The molecule has 1 aliphatic rings. The third-order valence-electron chi connectivity index (χ3n) is 4.54. The molecule has 7 heteroatoms. The van der Waals surface area contributed by atoms with Crippen LogP contribution in [0, 0.1) is 5.92 Å². The lowest BCUT2D eigenvalue weighted by molar-refractivity contribution is -0.130. The molecule has 7 nitrogen and oxygen atoms in total. The van der Waals surface area contributed by atoms with Crippen LogP contribution in [0.3, 0.4) is 0 Å². The van der Waals surface area contributed by atoms with Gasteiger partial charge in [-0.1, -0.05) is 13.8 Å². The van der Waals surface area contributed by atoms with Crippen LogP contribution in [0.25, 0.3) is 0 Å². The van der Waals surface area contributed by atoms with Gasteiger partial charge in [-0.3, -0.25) is 19.8 Å². The summed E-state index contributed by atoms with van der Waals surface area (Å²) in [6.07, 6.45) is 0.375. The molecule has 24 heavy (non-hydrogen) atoms. The predicted molar refractivity (Wildman–Crippen MR) is 91.1 cm³/mol. The zero-order valence-electron chi connectivity index (χ0n) is 14.3. The highest BCUT2D eigenvalue weighted by molar-refractivity contribution is 6.01. The number of nitrogens with one attached hydrogen (secondary N) is 2. The summed E-state index contributed by atoms with van der Waals surface area (Å²) in [5.41, 5.74) is 8.80. The van der Waals surface area contributed by atoms with Gasteiger partial charge >= 0.3 is 0 Å². The van der Waals surface area contributed by atoms with Gasteiger partial charge in [0.25, 0.3) is 5.91 Å². The van der Waals surface area contributed by atoms with Crippen LogP contribution < -0.4 is 21.5 Å². The van der Waals surface area contributed by atoms with E-state index in [1.165, 1.54) is 5.01 Å². The molecule has 1 saturated heterocycles. The van der Waals surface area contributed by atoms with E-state index < -0.39 is 5.54 Å². The zero-order valence-corrected chi connectivity index (χ0v) is 14.3. The molecule has 0 aromatic heterocycles. The maximum atomic E-state index is 12.4. The van der Waals surface area contributed by atoms with Crippen molar-refractivity contribution in [1.29, 1.82) is 0 Å². The summed E-state index contributed by atoms with van der Waals surface area (Å²) in [6, 6.07) is 6.51. The molecule has 0 radical (unpaired) electrons. The van der Waals surface area contributed by atoms with Crippen molar-refractivity contribution in [1.82, 2.24) is 10.7 Å². The Balaban J connectivity index is 2.13. The number of hydrogen-bond donors (Lipinski definition) is 3. The second-order valence-corrected chi connectivity index (χ2v) is 6.54. The lowest BCUT2D eigenvalue weighted by Crippen LogP contribution is -2.55. The second-order valence-electron chi connectivity index (χ2n) is 6.54. The Morgan fingerprint density at radius 2 is 1.92 bits per heavy atom. The minimum absolute atomic E-state index is 0.178. The van der Waals surface area contributed by atoms with Gasteiger partial charge in [-0.05, 0) is 37.1 Å². The van der Waals surface area contributed by atoms with Crippen LogP contribution in [0.15, 0.2) is 24.3 Å². The van der Waals surface area contributed by atoms with Crippen LogP contribution in [-0.4, -0.2) is 29.8 Å². The summed E-state index contributed by atoms with van der Waals surface area (Å²) in [6.45, 7) is 6.25. The summed E-state index contributed by atoms with van der Waals surface area (Å²) < 4.78 is 0. The molecule has 1 fully saturated rings. The topological polar surface area (TPSA) is 105 Å². The van der Waals surface area contributed by atoms with Gasteiger partial charge in [-0.2, -0.15) is 0 Å². The molecule has 0 spiro atoms. The van der Waals surface area contributed by atoms with E-state index in [1.807, 2.05) is 20.8 Å². The van der Waals surface area contributed by atoms with E-state index in [0.29, 0.717) is 17.8 Å². The zero-order chi connectivity index (χ0) is 17.9. The molecule has 0 saturated carbocycles. The number of hydrogen-bond acceptors (Lipinski definition) is 4. The molecule has 1 heterocycles. The number of amides is 3. The first-order valence-electron chi connectivity index (χ1n) is 8.02. The van der Waals surface area contributed by atoms with Gasteiger partial charge in [0.05, 0.1) is 11.2 Å². The van der Waals surface area contributed by atoms with Crippen molar-refractivity contribution in [2.24, 2.45) is 11.7 Å². The van der Waals surface area contributed by atoms with Crippen LogP contribution in [0.2, 0.25) is 0 Å².